The summed E-state index contributed by atoms with van der Waals surface area (Å²) < 4.78 is 0. The number of rotatable bonds is 0. The molecule has 1 aromatic heterocycles. The molecule has 0 aromatic carbocycles. The third-order valence-electron chi connectivity index (χ3n) is 2.03. The van der Waals surface area contributed by atoms with Crippen molar-refractivity contribution < 1.29 is 9.90 Å². The Bertz CT molecular complexity index is 395. The summed E-state index contributed by atoms with van der Waals surface area (Å²) in [6.45, 7) is 0.791. The van der Waals surface area contributed by atoms with Crippen molar-refractivity contribution in [3.05, 3.63) is 20.2 Å². The molecule has 1 aliphatic rings. The van der Waals surface area contributed by atoms with E-state index < -0.39 is 6.09 Å². The fraction of sp³-hybridized carbons (Fsp3) is 0.429. The number of fused-ring (bicyclic) bond motifs is 1. The quantitative estimate of drug-likeness (QED) is 0.639. The average molecular weight is 200 g/mol. The molecule has 2 heterocycles. The molecule has 70 valence electrons. The molecule has 0 saturated heterocycles. The minimum absolute atomic E-state index is 0.0998. The summed E-state index contributed by atoms with van der Waals surface area (Å²) in [5.74, 6) is 0. The van der Waals surface area contributed by atoms with Gasteiger partial charge in [-0.1, -0.05) is 11.3 Å². The van der Waals surface area contributed by atoms with E-state index in [4.69, 9.17) is 5.11 Å². The third kappa shape index (κ3) is 1.44. The molecule has 0 radical (unpaired) electrons. The average Bonchev–Trinajstić information content (AvgIpc) is 2.42. The highest BCUT2D eigenvalue weighted by Crippen LogP contribution is 2.18. The van der Waals surface area contributed by atoms with Gasteiger partial charge in [0.1, 0.15) is 0 Å². The molecule has 0 fully saturated rings. The molecule has 1 aromatic rings. The van der Waals surface area contributed by atoms with E-state index in [1.165, 1.54) is 16.2 Å². The van der Waals surface area contributed by atoms with Crippen molar-refractivity contribution in [3.8, 4) is 0 Å². The highest BCUT2D eigenvalue weighted by Gasteiger charge is 2.21. The first kappa shape index (κ1) is 8.31. The molecule has 13 heavy (non-hydrogen) atoms. The molecule has 0 aliphatic carbocycles. The second-order valence-electron chi connectivity index (χ2n) is 2.87. The highest BCUT2D eigenvalue weighted by atomic mass is 32.1. The highest BCUT2D eigenvalue weighted by molar-refractivity contribution is 7.09. The van der Waals surface area contributed by atoms with Gasteiger partial charge >= 0.3 is 11.0 Å². The molecule has 0 unspecified atom stereocenters. The maximum atomic E-state index is 10.9. The number of hydrogen-bond acceptors (Lipinski definition) is 3. The molecule has 6 heteroatoms. The molecule has 0 spiro atoms. The molecule has 0 atom stereocenters. The van der Waals surface area contributed by atoms with Crippen LogP contribution in [0.2, 0.25) is 0 Å². The Labute approximate surface area is 77.6 Å². The number of amides is 1. The summed E-state index contributed by atoms with van der Waals surface area (Å²) in [7, 11) is 0. The summed E-state index contributed by atoms with van der Waals surface area (Å²) in [5, 5.41) is 8.71. The largest absolute Gasteiger partial charge is 0.465 e. The number of H-pyrrole nitrogens is 1. The van der Waals surface area contributed by atoms with Crippen molar-refractivity contribution in [2.75, 3.05) is 6.54 Å². The first-order chi connectivity index (χ1) is 6.16. The number of hydrogen-bond donors (Lipinski definition) is 2. The van der Waals surface area contributed by atoms with Gasteiger partial charge in [-0.2, -0.15) is 0 Å². The second kappa shape index (κ2) is 2.88. The summed E-state index contributed by atoms with van der Waals surface area (Å²) in [5.41, 5.74) is 0.753. The summed E-state index contributed by atoms with van der Waals surface area (Å²) in [6.07, 6.45) is -0.289. The van der Waals surface area contributed by atoms with Crippen LogP contribution in [-0.2, 0) is 13.0 Å². The van der Waals surface area contributed by atoms with Gasteiger partial charge in [0.25, 0.3) is 0 Å². The van der Waals surface area contributed by atoms with Crippen LogP contribution in [0.25, 0.3) is 0 Å². The zero-order valence-corrected chi connectivity index (χ0v) is 7.56. The fourth-order valence-electron chi connectivity index (χ4n) is 1.39. The second-order valence-corrected chi connectivity index (χ2v) is 3.94. The molecule has 1 aliphatic heterocycles. The van der Waals surface area contributed by atoms with Gasteiger partial charge in [0.05, 0.1) is 12.2 Å². The summed E-state index contributed by atoms with van der Waals surface area (Å²) in [4.78, 5) is 26.4. The van der Waals surface area contributed by atoms with Gasteiger partial charge in [0.2, 0.25) is 0 Å². The smallest absolute Gasteiger partial charge is 0.407 e. The van der Waals surface area contributed by atoms with Gasteiger partial charge in [-0.3, -0.25) is 4.79 Å². The van der Waals surface area contributed by atoms with E-state index >= 15 is 0 Å². The Morgan fingerprint density at radius 2 is 2.38 bits per heavy atom. The number of thiazole rings is 1. The minimum atomic E-state index is -0.933. The number of nitrogens with one attached hydrogen (secondary N) is 1. The lowest BCUT2D eigenvalue weighted by Gasteiger charge is -2.22. The third-order valence-corrected chi connectivity index (χ3v) is 3.02. The van der Waals surface area contributed by atoms with Crippen molar-refractivity contribution in [1.29, 1.82) is 0 Å². The van der Waals surface area contributed by atoms with Crippen molar-refractivity contribution in [2.24, 2.45) is 0 Å². The molecular weight excluding hydrogens is 192 g/mol. The Kier molecular flexibility index (Phi) is 1.84. The molecule has 1 amide bonds. The zero-order valence-electron chi connectivity index (χ0n) is 6.74. The molecule has 0 saturated carbocycles. The zero-order chi connectivity index (χ0) is 9.42. The van der Waals surface area contributed by atoms with E-state index in [2.05, 4.69) is 4.98 Å². The summed E-state index contributed by atoms with van der Waals surface area (Å²) in [6, 6.07) is 0. The lowest BCUT2D eigenvalue weighted by atomic mass is 10.2. The van der Waals surface area contributed by atoms with Crippen LogP contribution in [0.3, 0.4) is 0 Å². The van der Waals surface area contributed by atoms with E-state index in [1.807, 2.05) is 0 Å². The lowest BCUT2D eigenvalue weighted by molar-refractivity contribution is 0.139. The number of aromatic amines is 1. The molecular formula is C7H8N2O3S. The van der Waals surface area contributed by atoms with Gasteiger partial charge < -0.3 is 15.0 Å². The topological polar surface area (TPSA) is 73.4 Å². The first-order valence-electron chi connectivity index (χ1n) is 3.85. The predicted octanol–water partition coefficient (Wildman–Crippen LogP) is 0.473. The van der Waals surface area contributed by atoms with E-state index in [0.717, 1.165) is 10.6 Å². The van der Waals surface area contributed by atoms with Crippen LogP contribution in [-0.4, -0.2) is 27.6 Å². The van der Waals surface area contributed by atoms with E-state index in [0.29, 0.717) is 19.5 Å². The van der Waals surface area contributed by atoms with Gasteiger partial charge in [0, 0.05) is 17.8 Å². The normalized spacial score (nSPS) is 15.5. The number of aromatic nitrogens is 1. The van der Waals surface area contributed by atoms with Crippen LogP contribution < -0.4 is 4.87 Å². The Hall–Kier alpha value is -1.30. The van der Waals surface area contributed by atoms with Crippen LogP contribution in [0, 0.1) is 0 Å². The molecule has 0 bridgehead atoms. The molecule has 2 rings (SSSR count). The van der Waals surface area contributed by atoms with Crippen LogP contribution >= 0.6 is 11.3 Å². The Morgan fingerprint density at radius 3 is 3.08 bits per heavy atom. The van der Waals surface area contributed by atoms with Crippen LogP contribution in [0.15, 0.2) is 4.79 Å². The van der Waals surface area contributed by atoms with E-state index in [-0.39, 0.29) is 4.87 Å². The minimum Gasteiger partial charge on any atom is -0.465 e. The molecule has 2 N–H and O–H groups in total. The summed E-state index contributed by atoms with van der Waals surface area (Å²) >= 11 is 1.17. The SMILES string of the molecule is O=C(O)N1CCc2sc(=O)[nH]c2C1. The Morgan fingerprint density at radius 1 is 1.62 bits per heavy atom. The lowest BCUT2D eigenvalue weighted by Crippen LogP contribution is -2.34. The van der Waals surface area contributed by atoms with Gasteiger partial charge in [-0.15, -0.1) is 0 Å². The van der Waals surface area contributed by atoms with Crippen molar-refractivity contribution in [3.63, 3.8) is 0 Å². The maximum absolute atomic E-state index is 10.9. The van der Waals surface area contributed by atoms with Gasteiger partial charge in [-0.25, -0.2) is 4.79 Å². The van der Waals surface area contributed by atoms with Crippen molar-refractivity contribution in [1.82, 2.24) is 9.88 Å². The van der Waals surface area contributed by atoms with E-state index in [9.17, 15) is 9.59 Å². The van der Waals surface area contributed by atoms with Gasteiger partial charge in [0.15, 0.2) is 0 Å². The van der Waals surface area contributed by atoms with Crippen LogP contribution in [0.5, 0.6) is 0 Å². The van der Waals surface area contributed by atoms with E-state index in [1.54, 1.807) is 0 Å². The van der Waals surface area contributed by atoms with Crippen LogP contribution in [0.1, 0.15) is 10.6 Å². The number of carbonyl (C=O) groups is 1. The first-order valence-corrected chi connectivity index (χ1v) is 4.67. The predicted molar refractivity (Wildman–Crippen MR) is 47.1 cm³/mol. The fourth-order valence-corrected chi connectivity index (χ4v) is 2.22. The number of nitrogens with zero attached hydrogens (tertiary/aromatic N) is 1. The maximum Gasteiger partial charge on any atom is 0.407 e. The standard InChI is InChI=1S/C7H8N2O3S/c10-6-8-4-3-9(7(11)12)2-1-5(4)13-6/h1-3H2,(H,8,10)(H,11,12). The van der Waals surface area contributed by atoms with Gasteiger partial charge in [-0.05, 0) is 0 Å². The van der Waals surface area contributed by atoms with Crippen molar-refractivity contribution >= 4 is 17.4 Å². The Balaban J connectivity index is 2.29. The van der Waals surface area contributed by atoms with Crippen molar-refractivity contribution in [2.45, 2.75) is 13.0 Å². The van der Waals surface area contributed by atoms with Crippen LogP contribution in [0.4, 0.5) is 4.79 Å². The monoisotopic (exact) mass is 200 g/mol. The molecule has 5 nitrogen and oxygen atoms in total. The number of carboxylic acid groups (broad SMARTS) is 1.